The van der Waals surface area contributed by atoms with Gasteiger partial charge in [-0.25, -0.2) is 4.68 Å². The Kier molecular flexibility index (Phi) is 6.36. The van der Waals surface area contributed by atoms with E-state index in [0.717, 1.165) is 15.5 Å². The van der Waals surface area contributed by atoms with Crippen molar-refractivity contribution < 1.29 is 27.4 Å². The number of hydrogen-bond donors (Lipinski definition) is 2. The molecule has 0 unspecified atom stereocenters. The second-order valence-electron chi connectivity index (χ2n) is 8.54. The van der Waals surface area contributed by atoms with Crippen molar-refractivity contribution in [2.75, 3.05) is 24.9 Å². The van der Waals surface area contributed by atoms with Gasteiger partial charge in [0.25, 0.3) is 5.91 Å². The molecule has 1 aliphatic rings. The number of methoxy groups -OCH3 is 2. The molecule has 2 heterocycles. The zero-order valence-electron chi connectivity index (χ0n) is 19.8. The van der Waals surface area contributed by atoms with Crippen molar-refractivity contribution in [3.05, 3.63) is 76.9 Å². The number of rotatable bonds is 5. The third-order valence-corrected chi connectivity index (χ3v) is 6.72. The van der Waals surface area contributed by atoms with Crippen LogP contribution in [0.3, 0.4) is 0 Å². The predicted octanol–water partition coefficient (Wildman–Crippen LogP) is 6.62. The average molecular weight is 531 g/mol. The average Bonchev–Trinajstić information content (AvgIpc) is 3.23. The number of nitrogens with one attached hydrogen (secondary N) is 2. The van der Waals surface area contributed by atoms with Gasteiger partial charge < -0.3 is 20.1 Å². The highest BCUT2D eigenvalue weighted by Gasteiger charge is 2.48. The molecule has 0 radical (unpaired) electrons. The van der Waals surface area contributed by atoms with E-state index in [1.165, 1.54) is 14.2 Å². The Morgan fingerprint density at radius 1 is 1.08 bits per heavy atom. The topological polar surface area (TPSA) is 77.4 Å². The maximum absolute atomic E-state index is 14.2. The fourth-order valence-corrected chi connectivity index (χ4v) is 4.80. The highest BCUT2D eigenvalue weighted by Crippen LogP contribution is 2.47. The van der Waals surface area contributed by atoms with E-state index < -0.39 is 24.2 Å². The van der Waals surface area contributed by atoms with Crippen molar-refractivity contribution in [3.8, 4) is 11.5 Å². The number of fused-ring (bicyclic) bond motifs is 2. The van der Waals surface area contributed by atoms with Crippen molar-refractivity contribution >= 4 is 39.8 Å². The van der Waals surface area contributed by atoms with Gasteiger partial charge in [0.05, 0.1) is 20.3 Å². The summed E-state index contributed by atoms with van der Waals surface area (Å²) in [5.74, 6) is 0.0299. The van der Waals surface area contributed by atoms with Crippen LogP contribution in [-0.4, -0.2) is 36.1 Å². The van der Waals surface area contributed by atoms with Crippen molar-refractivity contribution in [2.45, 2.75) is 24.7 Å². The fraction of sp³-hybridized carbons (Fsp3) is 0.231. The Bertz CT molecular complexity index is 1480. The van der Waals surface area contributed by atoms with Crippen molar-refractivity contribution in [3.63, 3.8) is 0 Å². The molecule has 3 aromatic carbocycles. The molecule has 1 amide bonds. The number of benzene rings is 3. The van der Waals surface area contributed by atoms with Crippen LogP contribution in [0.4, 0.5) is 24.7 Å². The molecule has 5 rings (SSSR count). The van der Waals surface area contributed by atoms with E-state index >= 15 is 0 Å². The lowest BCUT2D eigenvalue weighted by Crippen LogP contribution is -2.35. The molecular weight excluding hydrogens is 509 g/mol. The first-order chi connectivity index (χ1) is 17.7. The van der Waals surface area contributed by atoms with E-state index in [2.05, 4.69) is 15.7 Å². The van der Waals surface area contributed by atoms with Crippen LogP contribution in [-0.2, 0) is 0 Å². The second-order valence-corrected chi connectivity index (χ2v) is 8.92. The number of aromatic nitrogens is 2. The Labute approximate surface area is 215 Å². The van der Waals surface area contributed by atoms with Crippen LogP contribution in [0.15, 0.2) is 60.7 Å². The first kappa shape index (κ1) is 24.8. The van der Waals surface area contributed by atoms with Gasteiger partial charge in [-0.05, 0) is 29.1 Å². The highest BCUT2D eigenvalue weighted by atomic mass is 35.5. The molecule has 1 aromatic heterocycles. The SMILES string of the molecule is COc1ccc([C@@H]2C[C@H](C(F)(F)F)n3nc(C(=O)Nc4cccc5ccccc45)c(Cl)c3N2)cc1OC. The molecule has 0 fully saturated rings. The molecule has 0 aliphatic carbocycles. The lowest BCUT2D eigenvalue weighted by molar-refractivity contribution is -0.173. The number of carbonyl (C=O) groups excluding carboxylic acids is 1. The molecule has 2 atom stereocenters. The molecule has 0 saturated heterocycles. The van der Waals surface area contributed by atoms with Gasteiger partial charge in [0.1, 0.15) is 10.8 Å². The van der Waals surface area contributed by atoms with Gasteiger partial charge in [0, 0.05) is 17.5 Å². The monoisotopic (exact) mass is 530 g/mol. The lowest BCUT2D eigenvalue weighted by atomic mass is 9.96. The lowest BCUT2D eigenvalue weighted by Gasteiger charge is -2.33. The van der Waals surface area contributed by atoms with Gasteiger partial charge in [-0.15, -0.1) is 0 Å². The number of alkyl halides is 3. The number of halogens is 4. The summed E-state index contributed by atoms with van der Waals surface area (Å²) in [4.78, 5) is 13.1. The van der Waals surface area contributed by atoms with Crippen molar-refractivity contribution in [2.24, 2.45) is 0 Å². The van der Waals surface area contributed by atoms with Crippen LogP contribution in [0.1, 0.15) is 34.6 Å². The molecule has 7 nitrogen and oxygen atoms in total. The minimum absolute atomic E-state index is 0.0851. The fourth-order valence-electron chi connectivity index (χ4n) is 4.54. The van der Waals surface area contributed by atoms with Crippen molar-refractivity contribution in [1.82, 2.24) is 9.78 Å². The number of ether oxygens (including phenoxy) is 2. The largest absolute Gasteiger partial charge is 0.493 e. The Morgan fingerprint density at radius 3 is 2.54 bits per heavy atom. The summed E-state index contributed by atoms with van der Waals surface area (Å²) in [7, 11) is 2.92. The zero-order valence-corrected chi connectivity index (χ0v) is 20.5. The maximum Gasteiger partial charge on any atom is 0.410 e. The normalized spacial score (nSPS) is 17.1. The number of hydrogen-bond acceptors (Lipinski definition) is 5. The summed E-state index contributed by atoms with van der Waals surface area (Å²) in [6, 6.07) is 14.9. The molecule has 0 bridgehead atoms. The third-order valence-electron chi connectivity index (χ3n) is 6.36. The van der Waals surface area contributed by atoms with Gasteiger partial charge >= 0.3 is 6.18 Å². The van der Waals surface area contributed by atoms with Crippen LogP contribution in [0.5, 0.6) is 11.5 Å². The number of nitrogens with zero attached hydrogens (tertiary/aromatic N) is 2. The van der Waals surface area contributed by atoms with Crippen LogP contribution in [0, 0.1) is 0 Å². The number of amides is 1. The minimum Gasteiger partial charge on any atom is -0.493 e. The van der Waals surface area contributed by atoms with Crippen LogP contribution >= 0.6 is 11.6 Å². The Balaban J connectivity index is 1.51. The van der Waals surface area contributed by atoms with Crippen LogP contribution < -0.4 is 20.1 Å². The first-order valence-corrected chi connectivity index (χ1v) is 11.7. The Morgan fingerprint density at radius 2 is 1.81 bits per heavy atom. The minimum atomic E-state index is -4.63. The molecule has 0 spiro atoms. The van der Waals surface area contributed by atoms with E-state index in [4.69, 9.17) is 21.1 Å². The van der Waals surface area contributed by atoms with Crippen LogP contribution in [0.25, 0.3) is 10.8 Å². The van der Waals surface area contributed by atoms with Crippen LogP contribution in [0.2, 0.25) is 5.02 Å². The first-order valence-electron chi connectivity index (χ1n) is 11.3. The molecule has 37 heavy (non-hydrogen) atoms. The summed E-state index contributed by atoms with van der Waals surface area (Å²) in [5, 5.41) is 11.3. The molecule has 192 valence electrons. The zero-order chi connectivity index (χ0) is 26.3. The number of carbonyl (C=O) groups is 1. The highest BCUT2D eigenvalue weighted by molar-refractivity contribution is 6.36. The van der Waals surface area contributed by atoms with Gasteiger partial charge in [-0.3, -0.25) is 4.79 Å². The standard InChI is InChI=1S/C26H22ClF3N4O3/c1-36-19-11-10-15(12-20(19)37-2)18-13-21(26(28,29)30)34-24(31-18)22(27)23(33-34)25(35)32-17-9-5-7-14-6-3-4-8-16(14)17/h3-12,18,21,31H,13H2,1-2H3,(H,32,35)/t18-,21+/m0/s1. The van der Waals surface area contributed by atoms with Gasteiger partial charge in [0.15, 0.2) is 23.2 Å². The summed E-state index contributed by atoms with van der Waals surface area (Å²) in [5.41, 5.74) is 0.727. The van der Waals surface area contributed by atoms with E-state index in [0.29, 0.717) is 22.7 Å². The Hall–Kier alpha value is -3.92. The summed E-state index contributed by atoms with van der Waals surface area (Å²) >= 11 is 6.48. The van der Waals surface area contributed by atoms with Crippen molar-refractivity contribution in [1.29, 1.82) is 0 Å². The third kappa shape index (κ3) is 4.53. The molecular formula is C26H22ClF3N4O3. The second kappa shape index (κ2) is 9.51. The van der Waals surface area contributed by atoms with E-state index in [9.17, 15) is 18.0 Å². The summed E-state index contributed by atoms with van der Waals surface area (Å²) in [6.07, 6.45) is -5.00. The summed E-state index contributed by atoms with van der Waals surface area (Å²) in [6.45, 7) is 0. The molecule has 4 aromatic rings. The molecule has 11 heteroatoms. The number of anilines is 2. The van der Waals surface area contributed by atoms with E-state index in [-0.39, 0.29) is 23.0 Å². The quantitative estimate of drug-likeness (QED) is 0.303. The molecule has 1 aliphatic heterocycles. The summed E-state index contributed by atoms with van der Waals surface area (Å²) < 4.78 is 53.8. The van der Waals surface area contributed by atoms with E-state index in [1.54, 1.807) is 30.3 Å². The van der Waals surface area contributed by atoms with Gasteiger partial charge in [-0.1, -0.05) is 54.1 Å². The van der Waals surface area contributed by atoms with Gasteiger partial charge in [0.2, 0.25) is 0 Å². The van der Waals surface area contributed by atoms with Gasteiger partial charge in [-0.2, -0.15) is 18.3 Å². The molecule has 0 saturated carbocycles. The maximum atomic E-state index is 14.2. The van der Waals surface area contributed by atoms with E-state index in [1.807, 2.05) is 30.3 Å². The smallest absolute Gasteiger partial charge is 0.410 e. The predicted molar refractivity (Wildman–Crippen MR) is 135 cm³/mol. The molecule has 2 N–H and O–H groups in total.